The van der Waals surface area contributed by atoms with E-state index in [0.29, 0.717) is 29.7 Å². The van der Waals surface area contributed by atoms with Crippen LogP contribution >= 0.6 is 11.6 Å². The molecule has 0 spiro atoms. The van der Waals surface area contributed by atoms with Crippen LogP contribution < -0.4 is 15.0 Å². The molecule has 2 aliphatic rings. The first-order valence-electron chi connectivity index (χ1n) is 10.3. The molecule has 1 aromatic carbocycles. The molecule has 2 saturated heterocycles. The van der Waals surface area contributed by atoms with Crippen molar-refractivity contribution in [1.29, 1.82) is 0 Å². The van der Waals surface area contributed by atoms with Gasteiger partial charge in [-0.15, -0.1) is 0 Å². The molecule has 162 valence electrons. The smallest absolute Gasteiger partial charge is 0.273 e. The zero-order valence-corrected chi connectivity index (χ0v) is 17.9. The largest absolute Gasteiger partial charge is 0.495 e. The number of rotatable bonds is 7. The summed E-state index contributed by atoms with van der Waals surface area (Å²) in [6.45, 7) is 5.22. The fourth-order valence-corrected chi connectivity index (χ4v) is 4.00. The van der Waals surface area contributed by atoms with Crippen molar-refractivity contribution in [3.05, 3.63) is 41.1 Å². The lowest BCUT2D eigenvalue weighted by Gasteiger charge is -2.36. The Balaban J connectivity index is 1.27. The Morgan fingerprint density at radius 2 is 2.17 bits per heavy atom. The number of amides is 1. The predicted octanol–water partition coefficient (Wildman–Crippen LogP) is 2.57. The van der Waals surface area contributed by atoms with Gasteiger partial charge in [-0.1, -0.05) is 11.6 Å². The van der Waals surface area contributed by atoms with Crippen molar-refractivity contribution in [3.8, 4) is 5.75 Å². The number of nitrogens with zero attached hydrogens (tertiary/aromatic N) is 3. The molecule has 8 nitrogen and oxygen atoms in total. The molecule has 9 heteroatoms. The molecular formula is C21H27ClN4O4. The minimum Gasteiger partial charge on any atom is -0.495 e. The molecular weight excluding hydrogens is 408 g/mol. The summed E-state index contributed by atoms with van der Waals surface area (Å²) in [4.78, 5) is 21.1. The third kappa shape index (κ3) is 5.06. The summed E-state index contributed by atoms with van der Waals surface area (Å²) in [5.41, 5.74) is 1.32. The number of ether oxygens (including phenoxy) is 2. The molecule has 2 aromatic rings. The molecule has 1 unspecified atom stereocenters. The second-order valence-corrected chi connectivity index (χ2v) is 7.99. The molecule has 1 atom stereocenters. The van der Waals surface area contributed by atoms with E-state index >= 15 is 0 Å². The van der Waals surface area contributed by atoms with Gasteiger partial charge in [0.05, 0.1) is 25.4 Å². The van der Waals surface area contributed by atoms with E-state index in [2.05, 4.69) is 20.1 Å². The van der Waals surface area contributed by atoms with Crippen molar-refractivity contribution in [2.45, 2.75) is 25.5 Å². The number of carbonyl (C=O) groups is 1. The average molecular weight is 435 g/mol. The quantitative estimate of drug-likeness (QED) is 0.717. The number of benzene rings is 1. The summed E-state index contributed by atoms with van der Waals surface area (Å²) in [6.07, 6.45) is 3.56. The molecule has 0 aliphatic carbocycles. The number of piperazine rings is 1. The second-order valence-electron chi connectivity index (χ2n) is 7.55. The van der Waals surface area contributed by atoms with Gasteiger partial charge in [0, 0.05) is 44.4 Å². The van der Waals surface area contributed by atoms with E-state index in [0.717, 1.165) is 57.1 Å². The lowest BCUT2D eigenvalue weighted by molar-refractivity contribution is 0.0853. The third-order valence-electron chi connectivity index (χ3n) is 5.51. The number of hydrogen-bond acceptors (Lipinski definition) is 7. The Morgan fingerprint density at radius 3 is 2.90 bits per heavy atom. The van der Waals surface area contributed by atoms with Crippen molar-refractivity contribution in [1.82, 2.24) is 15.2 Å². The van der Waals surface area contributed by atoms with Crippen LogP contribution in [-0.4, -0.2) is 68.3 Å². The highest BCUT2D eigenvalue weighted by Crippen LogP contribution is 2.32. The maximum absolute atomic E-state index is 12.3. The standard InChI is InChI=1S/C21H27ClN4O4/c1-28-19-5-4-15(22)11-18(19)26-8-6-25(7-9-26)13-20-24-17(14-30-20)21(27)23-12-16-3-2-10-29-16/h4-5,11,14,16H,2-3,6-10,12-13H2,1H3,(H,23,27). The van der Waals surface area contributed by atoms with Crippen molar-refractivity contribution in [2.75, 3.05) is 51.3 Å². The summed E-state index contributed by atoms with van der Waals surface area (Å²) >= 11 is 6.16. The molecule has 4 rings (SSSR count). The van der Waals surface area contributed by atoms with Gasteiger partial charge < -0.3 is 24.1 Å². The van der Waals surface area contributed by atoms with Gasteiger partial charge >= 0.3 is 0 Å². The van der Waals surface area contributed by atoms with Crippen LogP contribution in [0.5, 0.6) is 5.75 Å². The van der Waals surface area contributed by atoms with Gasteiger partial charge in [-0.25, -0.2) is 4.98 Å². The van der Waals surface area contributed by atoms with Gasteiger partial charge in [-0.2, -0.15) is 0 Å². The molecule has 3 heterocycles. The van der Waals surface area contributed by atoms with Crippen LogP contribution in [0, 0.1) is 0 Å². The molecule has 2 fully saturated rings. The van der Waals surface area contributed by atoms with Gasteiger partial charge in [-0.3, -0.25) is 9.69 Å². The number of carbonyl (C=O) groups excluding carboxylic acids is 1. The number of methoxy groups -OCH3 is 1. The molecule has 0 radical (unpaired) electrons. The highest BCUT2D eigenvalue weighted by atomic mass is 35.5. The molecule has 2 aliphatic heterocycles. The van der Waals surface area contributed by atoms with E-state index in [1.54, 1.807) is 7.11 Å². The van der Waals surface area contributed by atoms with Gasteiger partial charge in [0.2, 0.25) is 5.89 Å². The normalized spacial score (nSPS) is 19.8. The first-order valence-corrected chi connectivity index (χ1v) is 10.6. The molecule has 30 heavy (non-hydrogen) atoms. The highest BCUT2D eigenvalue weighted by Gasteiger charge is 2.22. The van der Waals surface area contributed by atoms with E-state index in [9.17, 15) is 4.79 Å². The summed E-state index contributed by atoms with van der Waals surface area (Å²) < 4.78 is 16.5. The van der Waals surface area contributed by atoms with Gasteiger partial charge in [0.1, 0.15) is 12.0 Å². The van der Waals surface area contributed by atoms with Crippen LogP contribution in [0.25, 0.3) is 0 Å². The van der Waals surface area contributed by atoms with E-state index in [-0.39, 0.29) is 12.0 Å². The monoisotopic (exact) mass is 434 g/mol. The minimum absolute atomic E-state index is 0.106. The number of anilines is 1. The van der Waals surface area contributed by atoms with E-state index < -0.39 is 0 Å². The fraction of sp³-hybridized carbons (Fsp3) is 0.524. The number of halogens is 1. The maximum Gasteiger partial charge on any atom is 0.273 e. The van der Waals surface area contributed by atoms with Crippen LogP contribution in [0.15, 0.2) is 28.9 Å². The fourth-order valence-electron chi connectivity index (χ4n) is 3.84. The van der Waals surface area contributed by atoms with Crippen molar-refractivity contribution < 1.29 is 18.7 Å². The molecule has 1 amide bonds. The molecule has 1 aromatic heterocycles. The Hall–Kier alpha value is -2.29. The summed E-state index contributed by atoms with van der Waals surface area (Å²) in [6, 6.07) is 5.66. The Kier molecular flexibility index (Phi) is 6.76. The van der Waals surface area contributed by atoms with E-state index in [1.165, 1.54) is 6.26 Å². The van der Waals surface area contributed by atoms with Crippen molar-refractivity contribution in [2.24, 2.45) is 0 Å². The number of nitrogens with one attached hydrogen (secondary N) is 1. The number of hydrogen-bond donors (Lipinski definition) is 1. The van der Waals surface area contributed by atoms with Gasteiger partial charge in [0.25, 0.3) is 5.91 Å². The lowest BCUT2D eigenvalue weighted by Crippen LogP contribution is -2.46. The van der Waals surface area contributed by atoms with Crippen LogP contribution in [0.2, 0.25) is 5.02 Å². The maximum atomic E-state index is 12.3. The minimum atomic E-state index is -0.224. The van der Waals surface area contributed by atoms with Gasteiger partial charge in [-0.05, 0) is 31.0 Å². The van der Waals surface area contributed by atoms with E-state index in [1.807, 2.05) is 18.2 Å². The first-order chi connectivity index (χ1) is 14.6. The Morgan fingerprint density at radius 1 is 1.33 bits per heavy atom. The SMILES string of the molecule is COc1ccc(Cl)cc1N1CCN(Cc2nc(C(=O)NCC3CCCO3)co2)CC1. The molecule has 1 N–H and O–H groups in total. The lowest BCUT2D eigenvalue weighted by atomic mass is 10.2. The zero-order valence-electron chi connectivity index (χ0n) is 17.1. The summed E-state index contributed by atoms with van der Waals surface area (Å²) in [5.74, 6) is 1.14. The van der Waals surface area contributed by atoms with Crippen molar-refractivity contribution in [3.63, 3.8) is 0 Å². The van der Waals surface area contributed by atoms with Crippen molar-refractivity contribution >= 4 is 23.2 Å². The van der Waals surface area contributed by atoms with Crippen LogP contribution in [-0.2, 0) is 11.3 Å². The predicted molar refractivity (Wildman–Crippen MR) is 113 cm³/mol. The topological polar surface area (TPSA) is 80.1 Å². The van der Waals surface area contributed by atoms with Crippen LogP contribution in [0.1, 0.15) is 29.2 Å². The Labute approximate surface area is 181 Å². The summed E-state index contributed by atoms with van der Waals surface area (Å²) in [5, 5.41) is 3.56. The Bertz CT molecular complexity index is 860. The second kappa shape index (κ2) is 9.68. The molecule has 0 saturated carbocycles. The molecule has 0 bridgehead atoms. The highest BCUT2D eigenvalue weighted by molar-refractivity contribution is 6.30. The number of aromatic nitrogens is 1. The third-order valence-corrected chi connectivity index (χ3v) is 5.75. The van der Waals surface area contributed by atoms with E-state index in [4.69, 9.17) is 25.5 Å². The van der Waals surface area contributed by atoms with Crippen LogP contribution in [0.4, 0.5) is 5.69 Å². The first kappa shape index (κ1) is 21.0. The summed E-state index contributed by atoms with van der Waals surface area (Å²) in [7, 11) is 1.67. The van der Waals surface area contributed by atoms with Crippen LogP contribution in [0.3, 0.4) is 0 Å². The number of oxazole rings is 1. The zero-order chi connectivity index (χ0) is 20.9. The van der Waals surface area contributed by atoms with Gasteiger partial charge in [0.15, 0.2) is 5.69 Å². The average Bonchev–Trinajstić information content (AvgIpc) is 3.45.